The van der Waals surface area contributed by atoms with E-state index in [0.29, 0.717) is 0 Å². The molecule has 11 rings (SSSR count). The predicted molar refractivity (Wildman–Crippen MR) is 226 cm³/mol. The summed E-state index contributed by atoms with van der Waals surface area (Å²) in [6.45, 7) is 4.65. The van der Waals surface area contributed by atoms with Crippen LogP contribution in [0.25, 0.3) is 84.4 Å². The highest BCUT2D eigenvalue weighted by atomic mass is 16.5. The molecule has 0 bridgehead atoms. The van der Waals surface area contributed by atoms with E-state index in [4.69, 9.17) is 14.7 Å². The maximum Gasteiger partial charge on any atom is 0.137 e. The Morgan fingerprint density at radius 2 is 1.20 bits per heavy atom. The predicted octanol–water partition coefficient (Wildman–Crippen LogP) is 13.2. The van der Waals surface area contributed by atoms with Gasteiger partial charge in [-0.05, 0) is 116 Å². The van der Waals surface area contributed by atoms with Crippen molar-refractivity contribution in [3.05, 3.63) is 186 Å². The zero-order valence-corrected chi connectivity index (χ0v) is 30.5. The average molecular weight is 706 g/mol. The molecule has 4 nitrogen and oxygen atoms in total. The maximum absolute atomic E-state index is 7.16. The van der Waals surface area contributed by atoms with Crippen molar-refractivity contribution in [2.45, 2.75) is 19.3 Å². The molecule has 0 saturated heterocycles. The van der Waals surface area contributed by atoms with E-state index in [9.17, 15) is 0 Å². The molecule has 1 aliphatic carbocycles. The van der Waals surface area contributed by atoms with Gasteiger partial charge in [0.15, 0.2) is 0 Å². The lowest BCUT2D eigenvalue weighted by molar-refractivity contribution is 0.484. The van der Waals surface area contributed by atoms with Gasteiger partial charge in [-0.1, -0.05) is 117 Å². The summed E-state index contributed by atoms with van der Waals surface area (Å²) < 4.78 is 9.36. The van der Waals surface area contributed by atoms with Crippen molar-refractivity contribution < 1.29 is 4.74 Å². The summed E-state index contributed by atoms with van der Waals surface area (Å²) >= 11 is 0. The summed E-state index contributed by atoms with van der Waals surface area (Å²) in [6, 6.07) is 54.1. The fourth-order valence-electron chi connectivity index (χ4n) is 8.85. The third kappa shape index (κ3) is 4.85. The highest BCUT2D eigenvalue weighted by Gasteiger charge is 2.37. The van der Waals surface area contributed by atoms with Gasteiger partial charge in [-0.15, -0.1) is 0 Å². The van der Waals surface area contributed by atoms with Crippen LogP contribution in [0.4, 0.5) is 0 Å². The molecule has 0 amide bonds. The highest BCUT2D eigenvalue weighted by molar-refractivity contribution is 6.08. The molecule has 55 heavy (non-hydrogen) atoms. The molecular weight excluding hydrogens is 671 g/mol. The monoisotopic (exact) mass is 705 g/mol. The Morgan fingerprint density at radius 3 is 2.07 bits per heavy atom. The van der Waals surface area contributed by atoms with Crippen LogP contribution in [0.2, 0.25) is 0 Å². The zero-order chi connectivity index (χ0) is 36.7. The summed E-state index contributed by atoms with van der Waals surface area (Å²) in [5.74, 6) is 2.55. The van der Waals surface area contributed by atoms with E-state index in [0.717, 1.165) is 83.8 Å². The number of hydrogen-bond donors (Lipinski definition) is 0. The number of para-hydroxylation sites is 1. The molecule has 1 aliphatic heterocycles. The molecule has 0 unspecified atom stereocenters. The summed E-state index contributed by atoms with van der Waals surface area (Å²) in [4.78, 5) is 9.57. The first-order chi connectivity index (χ1) is 27.0. The Labute approximate surface area is 319 Å². The van der Waals surface area contributed by atoms with Crippen LogP contribution in [0.15, 0.2) is 164 Å². The zero-order valence-electron chi connectivity index (χ0n) is 30.5. The quantitative estimate of drug-likeness (QED) is 0.180. The van der Waals surface area contributed by atoms with Gasteiger partial charge in [0.1, 0.15) is 17.3 Å². The minimum Gasteiger partial charge on any atom is -0.456 e. The van der Waals surface area contributed by atoms with Crippen LogP contribution in [0.1, 0.15) is 36.1 Å². The first-order valence-electron chi connectivity index (χ1n) is 18.8. The van der Waals surface area contributed by atoms with Crippen molar-refractivity contribution in [2.24, 2.45) is 0 Å². The first-order valence-corrected chi connectivity index (χ1v) is 18.8. The van der Waals surface area contributed by atoms with Crippen LogP contribution in [0, 0.1) is 0 Å². The van der Waals surface area contributed by atoms with E-state index >= 15 is 0 Å². The van der Waals surface area contributed by atoms with Gasteiger partial charge in [0.25, 0.3) is 0 Å². The molecular formula is C51H35N3O. The number of fused-ring (bicyclic) bond motifs is 12. The molecule has 3 aromatic heterocycles. The van der Waals surface area contributed by atoms with E-state index in [-0.39, 0.29) is 5.41 Å². The molecule has 0 atom stereocenters. The smallest absolute Gasteiger partial charge is 0.137 e. The summed E-state index contributed by atoms with van der Waals surface area (Å²) in [5.41, 5.74) is 16.9. The van der Waals surface area contributed by atoms with Gasteiger partial charge < -0.3 is 4.74 Å². The molecule has 6 aromatic carbocycles. The van der Waals surface area contributed by atoms with E-state index in [2.05, 4.69) is 158 Å². The fraction of sp³-hybridized carbons (Fsp3) is 0.0588. The Balaban J connectivity index is 1.17. The summed E-state index contributed by atoms with van der Waals surface area (Å²) in [5, 5.41) is 1.09. The fourth-order valence-corrected chi connectivity index (χ4v) is 8.85. The van der Waals surface area contributed by atoms with E-state index in [1.807, 2.05) is 36.7 Å². The van der Waals surface area contributed by atoms with Gasteiger partial charge in [0.05, 0.1) is 16.6 Å². The van der Waals surface area contributed by atoms with Gasteiger partial charge in [0, 0.05) is 34.3 Å². The van der Waals surface area contributed by atoms with Crippen molar-refractivity contribution >= 4 is 34.1 Å². The molecule has 9 aromatic rings. The molecule has 4 heterocycles. The van der Waals surface area contributed by atoms with Gasteiger partial charge >= 0.3 is 0 Å². The molecule has 0 saturated carbocycles. The van der Waals surface area contributed by atoms with Crippen molar-refractivity contribution in [1.82, 2.24) is 14.5 Å². The number of nitrogens with zero attached hydrogens (tertiary/aromatic N) is 3. The first kappa shape index (κ1) is 31.5. The summed E-state index contributed by atoms with van der Waals surface area (Å²) in [7, 11) is 0. The van der Waals surface area contributed by atoms with Crippen molar-refractivity contribution in [3.8, 4) is 61.8 Å². The van der Waals surface area contributed by atoms with E-state index in [1.54, 1.807) is 0 Å². The second kappa shape index (κ2) is 12.0. The molecule has 2 aliphatic rings. The molecule has 260 valence electrons. The number of ether oxygens (including phenoxy) is 1. The highest BCUT2D eigenvalue weighted by Crippen LogP contribution is 2.53. The van der Waals surface area contributed by atoms with E-state index in [1.165, 1.54) is 22.3 Å². The average Bonchev–Trinajstić information content (AvgIpc) is 3.67. The molecule has 0 N–H and O–H groups in total. The molecule has 4 heteroatoms. The number of benzene rings is 6. The Kier molecular flexibility index (Phi) is 6.86. The minimum absolute atomic E-state index is 0.175. The second-order valence-electron chi connectivity index (χ2n) is 15.0. The number of aromatic nitrogens is 3. The van der Waals surface area contributed by atoms with Crippen LogP contribution in [0.5, 0.6) is 11.5 Å². The normalized spacial score (nSPS) is 14.1. The number of rotatable bonds is 2. The number of hydrogen-bond acceptors (Lipinski definition) is 3. The standard InChI is InChI=1S/C51H35N3O/c1-51(2)43-16-7-5-14-37(43)40-30-41-39-28-34(35-24-25-45-42(29-35)50-46(17-11-27-53-50)54(45)49-19-9-10-26-52-49)23-22-33(39)21-20-32-12-3-4-13-36(32)38-15-6-8-18-47(38)55-48(41)31-44(40)51/h3-31H,1-2H3/b21-20-. The maximum atomic E-state index is 7.16. The van der Waals surface area contributed by atoms with Crippen LogP contribution < -0.4 is 4.74 Å². The lowest BCUT2D eigenvalue weighted by atomic mass is 9.81. The van der Waals surface area contributed by atoms with Crippen LogP contribution in [-0.2, 0) is 5.41 Å². The topological polar surface area (TPSA) is 39.9 Å². The van der Waals surface area contributed by atoms with Gasteiger partial charge in [-0.25, -0.2) is 4.98 Å². The lowest BCUT2D eigenvalue weighted by Crippen LogP contribution is -2.15. The van der Waals surface area contributed by atoms with Crippen molar-refractivity contribution in [1.29, 1.82) is 0 Å². The van der Waals surface area contributed by atoms with Gasteiger partial charge in [-0.2, -0.15) is 0 Å². The van der Waals surface area contributed by atoms with Crippen molar-refractivity contribution in [3.63, 3.8) is 0 Å². The third-order valence-corrected chi connectivity index (χ3v) is 11.6. The van der Waals surface area contributed by atoms with Crippen LogP contribution in [-0.4, -0.2) is 14.5 Å². The van der Waals surface area contributed by atoms with Gasteiger partial charge in [-0.3, -0.25) is 9.55 Å². The van der Waals surface area contributed by atoms with E-state index < -0.39 is 0 Å². The van der Waals surface area contributed by atoms with Crippen molar-refractivity contribution in [2.75, 3.05) is 0 Å². The minimum atomic E-state index is -0.175. The number of pyridine rings is 2. The summed E-state index contributed by atoms with van der Waals surface area (Å²) in [6.07, 6.45) is 8.21. The lowest BCUT2D eigenvalue weighted by Gasteiger charge is -2.23. The van der Waals surface area contributed by atoms with Crippen LogP contribution >= 0.6 is 0 Å². The Morgan fingerprint density at radius 1 is 0.473 bits per heavy atom. The SMILES string of the molecule is CC1(C)c2ccccc2-c2cc3c(cc21)Oc1ccccc1-c1ccccc1/C=C\c1ccc(-c2ccc4c(c2)c2ncccc2n4-c2ccccn2)cc1-3. The molecule has 0 spiro atoms. The Hall–Kier alpha value is -7.04. The van der Waals surface area contributed by atoms with Gasteiger partial charge in [0.2, 0.25) is 0 Å². The second-order valence-corrected chi connectivity index (χ2v) is 15.0. The van der Waals surface area contributed by atoms with Crippen LogP contribution in [0.3, 0.4) is 0 Å². The largest absolute Gasteiger partial charge is 0.456 e. The Bertz CT molecular complexity index is 3040. The molecule has 0 fully saturated rings. The third-order valence-electron chi connectivity index (χ3n) is 11.6. The molecule has 0 radical (unpaired) electrons.